The van der Waals surface area contributed by atoms with Crippen LogP contribution in [-0.4, -0.2) is 19.1 Å². The molecule has 0 saturated carbocycles. The second-order valence-corrected chi connectivity index (χ2v) is 4.82. The van der Waals surface area contributed by atoms with Gasteiger partial charge in [-0.1, -0.05) is 19.9 Å². The Bertz CT molecular complexity index is 419. The van der Waals surface area contributed by atoms with Crippen LogP contribution in [0.25, 0.3) is 0 Å². The first kappa shape index (κ1) is 15.5. The predicted molar refractivity (Wildman–Crippen MR) is 78.4 cm³/mol. The van der Waals surface area contributed by atoms with E-state index >= 15 is 0 Å². The Hall–Kier alpha value is -1.55. The largest absolute Gasteiger partial charge is 0.491 e. The lowest BCUT2D eigenvalue weighted by Gasteiger charge is -2.15. The maximum Gasteiger partial charge on any atom is 0.227 e. The number of benzene rings is 1. The van der Waals surface area contributed by atoms with Gasteiger partial charge in [-0.05, 0) is 44.0 Å². The van der Waals surface area contributed by atoms with Gasteiger partial charge in [0.2, 0.25) is 5.91 Å². The molecule has 106 valence electrons. The van der Waals surface area contributed by atoms with Crippen molar-refractivity contribution in [2.24, 2.45) is 11.7 Å². The van der Waals surface area contributed by atoms with Crippen molar-refractivity contribution in [3.63, 3.8) is 0 Å². The first-order valence-corrected chi connectivity index (χ1v) is 6.82. The van der Waals surface area contributed by atoms with E-state index in [9.17, 15) is 4.79 Å². The third-order valence-corrected chi connectivity index (χ3v) is 2.90. The summed E-state index contributed by atoms with van der Waals surface area (Å²) in [5.74, 6) is 0.621. The van der Waals surface area contributed by atoms with Crippen LogP contribution in [0.3, 0.4) is 0 Å². The van der Waals surface area contributed by atoms with Crippen molar-refractivity contribution in [1.29, 1.82) is 0 Å². The van der Waals surface area contributed by atoms with Crippen molar-refractivity contribution in [3.8, 4) is 5.75 Å². The quantitative estimate of drug-likeness (QED) is 0.796. The van der Waals surface area contributed by atoms with Crippen molar-refractivity contribution in [1.82, 2.24) is 0 Å². The molecule has 0 spiro atoms. The van der Waals surface area contributed by atoms with Gasteiger partial charge in [-0.15, -0.1) is 0 Å². The monoisotopic (exact) mass is 264 g/mol. The number of nitrogens with one attached hydrogen (secondary N) is 1. The minimum absolute atomic E-state index is 0.0179. The number of carbonyl (C=O) groups excluding carboxylic acids is 1. The number of nitrogens with two attached hydrogens (primary N) is 1. The number of amides is 1. The van der Waals surface area contributed by atoms with Crippen molar-refractivity contribution < 1.29 is 9.53 Å². The Morgan fingerprint density at radius 2 is 2.21 bits per heavy atom. The molecular formula is C15H24N2O2. The smallest absolute Gasteiger partial charge is 0.227 e. The Morgan fingerprint density at radius 3 is 2.84 bits per heavy atom. The van der Waals surface area contributed by atoms with Crippen LogP contribution in [0.5, 0.6) is 5.75 Å². The van der Waals surface area contributed by atoms with Gasteiger partial charge >= 0.3 is 0 Å². The van der Waals surface area contributed by atoms with Crippen LogP contribution in [-0.2, 0) is 4.79 Å². The molecule has 1 atom stereocenters. The summed E-state index contributed by atoms with van der Waals surface area (Å²) in [6.45, 7) is 7.09. The Balaban J connectivity index is 2.78. The second-order valence-electron chi connectivity index (χ2n) is 4.82. The van der Waals surface area contributed by atoms with Crippen LogP contribution < -0.4 is 15.8 Å². The number of anilines is 1. The highest BCUT2D eigenvalue weighted by Crippen LogP contribution is 2.26. The summed E-state index contributed by atoms with van der Waals surface area (Å²) in [5.41, 5.74) is 7.31. The topological polar surface area (TPSA) is 64.3 Å². The summed E-state index contributed by atoms with van der Waals surface area (Å²) in [6, 6.07) is 5.79. The van der Waals surface area contributed by atoms with Gasteiger partial charge < -0.3 is 15.8 Å². The number of hydrogen-bond donors (Lipinski definition) is 2. The van der Waals surface area contributed by atoms with E-state index in [1.54, 1.807) is 0 Å². The Morgan fingerprint density at radius 1 is 1.47 bits per heavy atom. The zero-order chi connectivity index (χ0) is 14.3. The minimum Gasteiger partial charge on any atom is -0.491 e. The maximum absolute atomic E-state index is 12.0. The summed E-state index contributed by atoms with van der Waals surface area (Å²) in [5, 5.41) is 2.91. The Labute approximate surface area is 115 Å². The minimum atomic E-state index is -0.0923. The summed E-state index contributed by atoms with van der Waals surface area (Å²) < 4.78 is 5.67. The van der Waals surface area contributed by atoms with E-state index < -0.39 is 0 Å². The normalized spacial score (nSPS) is 12.0. The Kier molecular flexibility index (Phi) is 6.36. The highest BCUT2D eigenvalue weighted by molar-refractivity contribution is 5.93. The van der Waals surface area contributed by atoms with Crippen molar-refractivity contribution >= 4 is 11.6 Å². The lowest BCUT2D eigenvalue weighted by atomic mass is 10.1. The molecule has 4 heteroatoms. The van der Waals surface area contributed by atoms with Gasteiger partial charge in [-0.3, -0.25) is 4.79 Å². The molecule has 0 radical (unpaired) electrons. The number of aryl methyl sites for hydroxylation is 1. The van der Waals surface area contributed by atoms with E-state index in [1.807, 2.05) is 32.0 Å². The fraction of sp³-hybridized carbons (Fsp3) is 0.533. The molecule has 0 fully saturated rings. The average molecular weight is 264 g/mol. The average Bonchev–Trinajstić information content (AvgIpc) is 2.39. The zero-order valence-electron chi connectivity index (χ0n) is 12.0. The van der Waals surface area contributed by atoms with Gasteiger partial charge in [0.1, 0.15) is 5.75 Å². The van der Waals surface area contributed by atoms with E-state index in [0.29, 0.717) is 19.6 Å². The van der Waals surface area contributed by atoms with Crippen LogP contribution in [0.2, 0.25) is 0 Å². The third kappa shape index (κ3) is 4.91. The summed E-state index contributed by atoms with van der Waals surface area (Å²) in [6.07, 6.45) is 1.62. The van der Waals surface area contributed by atoms with Crippen molar-refractivity contribution in [2.75, 3.05) is 18.5 Å². The van der Waals surface area contributed by atoms with Crippen LogP contribution in [0.1, 0.15) is 32.3 Å². The molecule has 1 aromatic carbocycles. The highest BCUT2D eigenvalue weighted by atomic mass is 16.5. The maximum atomic E-state index is 12.0. The third-order valence-electron chi connectivity index (χ3n) is 2.90. The molecular weight excluding hydrogens is 240 g/mol. The van der Waals surface area contributed by atoms with Crippen LogP contribution in [0.15, 0.2) is 18.2 Å². The fourth-order valence-electron chi connectivity index (χ4n) is 1.70. The molecule has 0 aliphatic carbocycles. The van der Waals surface area contributed by atoms with Gasteiger partial charge in [-0.2, -0.15) is 0 Å². The van der Waals surface area contributed by atoms with Gasteiger partial charge in [0.25, 0.3) is 0 Å². The first-order chi connectivity index (χ1) is 9.08. The highest BCUT2D eigenvalue weighted by Gasteiger charge is 2.14. The zero-order valence-corrected chi connectivity index (χ0v) is 12.0. The van der Waals surface area contributed by atoms with Crippen molar-refractivity contribution in [2.45, 2.75) is 33.6 Å². The molecule has 1 amide bonds. The van der Waals surface area contributed by atoms with Crippen LogP contribution in [0, 0.1) is 12.8 Å². The van der Waals surface area contributed by atoms with Gasteiger partial charge in [0.05, 0.1) is 12.3 Å². The molecule has 0 bridgehead atoms. The standard InChI is InChI=1S/C15H24N2O2/c1-4-9-19-14-10-11(2)5-6-13(14)17-15(18)12(3)7-8-16/h5-6,10,12H,4,7-9,16H2,1-3H3,(H,17,18). The molecule has 0 aliphatic heterocycles. The lowest BCUT2D eigenvalue weighted by Crippen LogP contribution is -2.23. The van der Waals surface area contributed by atoms with Gasteiger partial charge in [-0.25, -0.2) is 0 Å². The van der Waals surface area contributed by atoms with Crippen LogP contribution >= 0.6 is 0 Å². The van der Waals surface area contributed by atoms with Crippen LogP contribution in [0.4, 0.5) is 5.69 Å². The lowest BCUT2D eigenvalue weighted by molar-refractivity contribution is -0.119. The number of hydrogen-bond acceptors (Lipinski definition) is 3. The van der Waals surface area contributed by atoms with E-state index in [-0.39, 0.29) is 11.8 Å². The molecule has 0 heterocycles. The first-order valence-electron chi connectivity index (χ1n) is 6.82. The molecule has 4 nitrogen and oxygen atoms in total. The number of rotatable bonds is 7. The molecule has 19 heavy (non-hydrogen) atoms. The predicted octanol–water partition coefficient (Wildman–Crippen LogP) is 2.71. The number of ether oxygens (including phenoxy) is 1. The van der Waals surface area contributed by atoms with E-state index in [0.717, 1.165) is 23.4 Å². The van der Waals surface area contributed by atoms with Gasteiger partial charge in [0.15, 0.2) is 0 Å². The number of carbonyl (C=O) groups is 1. The second kappa shape index (κ2) is 7.79. The molecule has 3 N–H and O–H groups in total. The molecule has 0 aromatic heterocycles. The summed E-state index contributed by atoms with van der Waals surface area (Å²) in [7, 11) is 0. The molecule has 1 rings (SSSR count). The fourth-order valence-corrected chi connectivity index (χ4v) is 1.70. The molecule has 0 aliphatic rings. The van der Waals surface area contributed by atoms with Crippen molar-refractivity contribution in [3.05, 3.63) is 23.8 Å². The molecule has 0 saturated heterocycles. The molecule has 1 aromatic rings. The van der Waals surface area contributed by atoms with E-state index in [2.05, 4.69) is 12.2 Å². The summed E-state index contributed by atoms with van der Waals surface area (Å²) >= 11 is 0. The molecule has 1 unspecified atom stereocenters. The SMILES string of the molecule is CCCOc1cc(C)ccc1NC(=O)C(C)CCN. The van der Waals surface area contributed by atoms with Gasteiger partial charge in [0, 0.05) is 5.92 Å². The summed E-state index contributed by atoms with van der Waals surface area (Å²) in [4.78, 5) is 12.0. The van der Waals surface area contributed by atoms with E-state index in [1.165, 1.54) is 0 Å². The van der Waals surface area contributed by atoms with E-state index in [4.69, 9.17) is 10.5 Å².